The standard InChI is InChI=1S/C29H34Cl2N2O5/c1-18(2)17-38-24-8-6-21(15-19(24)3)27(34)25-26(20-5-7-22(30)23(31)16-20)33(29(36)28(25)35)10-4-9-32-11-13-37-14-12-32/h5-8,15-16,18,26,34H,4,9-14,17H2,1-3H3/b27-25+. The first-order valence-electron chi connectivity index (χ1n) is 13.0. The highest BCUT2D eigenvalue weighted by Gasteiger charge is 2.44. The summed E-state index contributed by atoms with van der Waals surface area (Å²) in [7, 11) is 0. The summed E-state index contributed by atoms with van der Waals surface area (Å²) in [5.41, 5.74) is 1.63. The van der Waals surface area contributed by atoms with Crippen molar-refractivity contribution in [2.45, 2.75) is 33.2 Å². The number of likely N-dealkylation sites (tertiary alicyclic amines) is 1. The molecular formula is C29H34Cl2N2O5. The fourth-order valence-electron chi connectivity index (χ4n) is 4.90. The van der Waals surface area contributed by atoms with E-state index in [1.165, 1.54) is 9.80 Å². The van der Waals surface area contributed by atoms with Crippen molar-refractivity contribution in [1.29, 1.82) is 0 Å². The number of amides is 1. The van der Waals surface area contributed by atoms with E-state index in [2.05, 4.69) is 13.8 Å². The lowest BCUT2D eigenvalue weighted by molar-refractivity contribution is -0.908. The number of carbonyl (C=O) groups is 2. The van der Waals surface area contributed by atoms with E-state index in [-0.39, 0.29) is 5.57 Å². The molecule has 4 rings (SSSR count). The van der Waals surface area contributed by atoms with Crippen LogP contribution in [0.5, 0.6) is 5.75 Å². The largest absolute Gasteiger partial charge is 0.872 e. The van der Waals surface area contributed by atoms with Gasteiger partial charge in [0.15, 0.2) is 0 Å². The maximum Gasteiger partial charge on any atom is 0.295 e. The second-order valence-corrected chi connectivity index (χ2v) is 11.1. The number of Topliss-reactive ketones (excluding diaryl/α,β-unsaturated/α-hetero) is 1. The molecule has 0 aliphatic carbocycles. The summed E-state index contributed by atoms with van der Waals surface area (Å²) < 4.78 is 11.3. The molecule has 2 aliphatic heterocycles. The fourth-order valence-corrected chi connectivity index (χ4v) is 5.21. The molecule has 2 aromatic rings. The normalized spacial score (nSPS) is 19.9. The number of hydrogen-bond donors (Lipinski definition) is 1. The molecule has 2 aromatic carbocycles. The zero-order valence-electron chi connectivity index (χ0n) is 22.0. The van der Waals surface area contributed by atoms with Crippen molar-refractivity contribution in [3.63, 3.8) is 0 Å². The molecule has 1 unspecified atom stereocenters. The van der Waals surface area contributed by atoms with E-state index >= 15 is 0 Å². The van der Waals surface area contributed by atoms with Gasteiger partial charge in [0.1, 0.15) is 18.8 Å². The molecular weight excluding hydrogens is 527 g/mol. The Kier molecular flexibility index (Phi) is 9.36. The number of halogens is 2. The number of nitrogens with one attached hydrogen (secondary N) is 1. The van der Waals surface area contributed by atoms with Crippen molar-refractivity contribution in [2.75, 3.05) is 46.0 Å². The highest BCUT2D eigenvalue weighted by molar-refractivity contribution is 6.46. The number of quaternary nitrogens is 1. The molecule has 2 aliphatic rings. The number of ether oxygens (including phenoxy) is 2. The molecule has 1 N–H and O–H groups in total. The summed E-state index contributed by atoms with van der Waals surface area (Å²) in [5, 5.41) is 14.4. The van der Waals surface area contributed by atoms with Crippen LogP contribution in [0.2, 0.25) is 10.0 Å². The second-order valence-electron chi connectivity index (χ2n) is 10.3. The molecule has 2 heterocycles. The van der Waals surface area contributed by atoms with Gasteiger partial charge in [-0.05, 0) is 53.8 Å². The van der Waals surface area contributed by atoms with E-state index in [9.17, 15) is 14.7 Å². The fraction of sp³-hybridized carbons (Fsp3) is 0.448. The number of ketones is 1. The molecule has 0 saturated carbocycles. The molecule has 1 amide bonds. The van der Waals surface area contributed by atoms with Gasteiger partial charge in [0, 0.05) is 18.5 Å². The number of carbonyl (C=O) groups excluding carboxylic acids is 2. The smallest absolute Gasteiger partial charge is 0.295 e. The molecule has 0 radical (unpaired) electrons. The average molecular weight is 562 g/mol. The minimum atomic E-state index is -0.839. The first-order chi connectivity index (χ1) is 18.2. The van der Waals surface area contributed by atoms with E-state index in [0.717, 1.165) is 38.4 Å². The third-order valence-electron chi connectivity index (χ3n) is 6.93. The van der Waals surface area contributed by atoms with Crippen LogP contribution in [0.25, 0.3) is 5.76 Å². The van der Waals surface area contributed by atoms with Crippen LogP contribution in [0.4, 0.5) is 0 Å². The highest BCUT2D eigenvalue weighted by atomic mass is 35.5. The number of aryl methyl sites for hydroxylation is 1. The lowest BCUT2D eigenvalue weighted by atomic mass is 9.94. The van der Waals surface area contributed by atoms with Crippen LogP contribution >= 0.6 is 23.2 Å². The number of rotatable bonds is 9. The van der Waals surface area contributed by atoms with Gasteiger partial charge >= 0.3 is 0 Å². The third-order valence-corrected chi connectivity index (χ3v) is 7.67. The van der Waals surface area contributed by atoms with E-state index < -0.39 is 23.5 Å². The van der Waals surface area contributed by atoms with Crippen LogP contribution in [0, 0.1) is 12.8 Å². The topological polar surface area (TPSA) is 83.3 Å². The van der Waals surface area contributed by atoms with Gasteiger partial charge in [-0.1, -0.05) is 54.9 Å². The van der Waals surface area contributed by atoms with Gasteiger partial charge in [-0.15, -0.1) is 0 Å². The summed E-state index contributed by atoms with van der Waals surface area (Å²) in [5.74, 6) is -0.879. The van der Waals surface area contributed by atoms with Crippen molar-refractivity contribution in [2.24, 2.45) is 5.92 Å². The molecule has 38 heavy (non-hydrogen) atoms. The first kappa shape index (κ1) is 28.4. The van der Waals surface area contributed by atoms with Gasteiger partial charge in [-0.2, -0.15) is 0 Å². The summed E-state index contributed by atoms with van der Waals surface area (Å²) in [4.78, 5) is 29.4. The van der Waals surface area contributed by atoms with Crippen molar-refractivity contribution in [3.05, 3.63) is 68.7 Å². The molecule has 0 aromatic heterocycles. The van der Waals surface area contributed by atoms with E-state index in [4.69, 9.17) is 32.7 Å². The highest BCUT2D eigenvalue weighted by Crippen LogP contribution is 2.40. The molecule has 2 fully saturated rings. The van der Waals surface area contributed by atoms with Crippen molar-refractivity contribution < 1.29 is 29.1 Å². The quantitative estimate of drug-likeness (QED) is 0.289. The minimum Gasteiger partial charge on any atom is -0.872 e. The predicted octanol–water partition coefficient (Wildman–Crippen LogP) is 2.87. The average Bonchev–Trinajstić information content (AvgIpc) is 3.14. The van der Waals surface area contributed by atoms with Crippen LogP contribution in [0.3, 0.4) is 0 Å². The SMILES string of the molecule is Cc1cc(/C([O-])=C2\C(=O)C(=O)N(CCC[NH+]3CCOCC3)C2c2ccc(Cl)c(Cl)c2)ccc1OCC(C)C. The van der Waals surface area contributed by atoms with Gasteiger partial charge in [-0.25, -0.2) is 0 Å². The molecule has 2 saturated heterocycles. The first-order valence-corrected chi connectivity index (χ1v) is 13.8. The molecule has 0 spiro atoms. The summed E-state index contributed by atoms with van der Waals surface area (Å²) in [6.45, 7) is 11.0. The summed E-state index contributed by atoms with van der Waals surface area (Å²) in [6.07, 6.45) is 0.689. The van der Waals surface area contributed by atoms with Gasteiger partial charge in [-0.3, -0.25) is 9.59 Å². The lowest BCUT2D eigenvalue weighted by Gasteiger charge is -2.29. The predicted molar refractivity (Wildman–Crippen MR) is 145 cm³/mol. The van der Waals surface area contributed by atoms with Crippen LogP contribution in [0.15, 0.2) is 42.0 Å². The van der Waals surface area contributed by atoms with Gasteiger partial charge in [0.2, 0.25) is 5.78 Å². The molecule has 7 nitrogen and oxygen atoms in total. The van der Waals surface area contributed by atoms with Gasteiger partial charge < -0.3 is 24.4 Å². The second kappa shape index (κ2) is 12.5. The number of morpholine rings is 1. The van der Waals surface area contributed by atoms with E-state index in [1.807, 2.05) is 6.92 Å². The number of hydrogen-bond acceptors (Lipinski definition) is 5. The maximum atomic E-state index is 13.8. The Morgan fingerprint density at radius 2 is 1.87 bits per heavy atom. The van der Waals surface area contributed by atoms with Crippen LogP contribution in [0.1, 0.15) is 43.0 Å². The van der Waals surface area contributed by atoms with Crippen molar-refractivity contribution in [1.82, 2.24) is 4.90 Å². The molecule has 204 valence electrons. The summed E-state index contributed by atoms with van der Waals surface area (Å²) in [6, 6.07) is 9.22. The Balaban J connectivity index is 1.68. The zero-order chi connectivity index (χ0) is 27.4. The number of benzene rings is 2. The number of nitrogens with zero attached hydrogens (tertiary/aromatic N) is 1. The Morgan fingerprint density at radius 3 is 2.53 bits per heavy atom. The Morgan fingerprint density at radius 1 is 1.13 bits per heavy atom. The van der Waals surface area contributed by atoms with Crippen molar-refractivity contribution in [3.8, 4) is 5.75 Å². The van der Waals surface area contributed by atoms with Gasteiger partial charge in [0.05, 0.1) is 42.5 Å². The van der Waals surface area contributed by atoms with Gasteiger partial charge in [0.25, 0.3) is 5.91 Å². The lowest BCUT2D eigenvalue weighted by Crippen LogP contribution is -3.14. The minimum absolute atomic E-state index is 0.0673. The Bertz CT molecular complexity index is 1220. The Hall–Kier alpha value is -2.58. The van der Waals surface area contributed by atoms with Crippen LogP contribution in [-0.2, 0) is 14.3 Å². The van der Waals surface area contributed by atoms with E-state index in [0.29, 0.717) is 52.4 Å². The molecule has 0 bridgehead atoms. The van der Waals surface area contributed by atoms with E-state index in [1.54, 1.807) is 36.4 Å². The van der Waals surface area contributed by atoms with Crippen molar-refractivity contribution >= 4 is 40.7 Å². The summed E-state index contributed by atoms with van der Waals surface area (Å²) >= 11 is 12.5. The maximum absolute atomic E-state index is 13.8. The monoisotopic (exact) mass is 560 g/mol. The van der Waals surface area contributed by atoms with Crippen LogP contribution < -0.4 is 14.7 Å². The Labute approximate surface area is 233 Å². The molecule has 1 atom stereocenters. The molecule has 9 heteroatoms. The zero-order valence-corrected chi connectivity index (χ0v) is 23.5. The van der Waals surface area contributed by atoms with Crippen LogP contribution in [-0.4, -0.2) is 62.6 Å². The third kappa shape index (κ3) is 6.34.